The normalized spacial score (nSPS) is 17.5. The fourth-order valence-corrected chi connectivity index (χ4v) is 15.3. The molecule has 4 N–H and O–H groups in total. The first-order chi connectivity index (χ1) is 39.6. The van der Waals surface area contributed by atoms with E-state index in [1.54, 1.807) is 16.7 Å². The molecule has 3 spiro atoms. The lowest BCUT2D eigenvalue weighted by Gasteiger charge is -2.40. The third kappa shape index (κ3) is 9.34. The molecule has 5 heteroatoms. The maximum Gasteiger partial charge on any atom is 0.0890 e. The lowest BCUT2D eigenvalue weighted by atomic mass is 9.64. The Hall–Kier alpha value is -6.33. The van der Waals surface area contributed by atoms with Crippen molar-refractivity contribution >= 4 is 5.71 Å². The Morgan fingerprint density at radius 3 is 0.928 bits per heavy atom. The molecule has 8 aromatic rings. The number of benzene rings is 4. The molecule has 4 aromatic heterocycles. The van der Waals surface area contributed by atoms with Gasteiger partial charge in [-0.3, -0.25) is 4.99 Å². The number of rotatable bonds is 8. The number of hydrogen-bond acceptors (Lipinski definition) is 1. The van der Waals surface area contributed by atoms with E-state index in [9.17, 15) is 0 Å². The molecule has 5 nitrogen and oxygen atoms in total. The van der Waals surface area contributed by atoms with Crippen LogP contribution >= 0.6 is 0 Å². The second-order valence-corrected chi connectivity index (χ2v) is 28.9. The molecular weight excluding hydrogens is 1010 g/mol. The van der Waals surface area contributed by atoms with Crippen LogP contribution in [0.3, 0.4) is 0 Å². The molecule has 0 radical (unpaired) electrons. The van der Waals surface area contributed by atoms with Gasteiger partial charge >= 0.3 is 0 Å². The van der Waals surface area contributed by atoms with Gasteiger partial charge in [0.25, 0.3) is 0 Å². The number of H-pyrrole nitrogens is 4. The Labute approximate surface area is 498 Å². The van der Waals surface area contributed by atoms with E-state index in [2.05, 4.69) is 233 Å². The summed E-state index contributed by atoms with van der Waals surface area (Å²) in [6.45, 7) is 36.3. The molecule has 3 saturated carbocycles. The van der Waals surface area contributed by atoms with Crippen molar-refractivity contribution in [1.82, 2.24) is 19.9 Å². The Balaban J connectivity index is 0.000000109. The smallest absolute Gasteiger partial charge is 0.0890 e. The molecule has 4 aromatic carbocycles. The van der Waals surface area contributed by atoms with Gasteiger partial charge in [0, 0.05) is 91.0 Å². The summed E-state index contributed by atoms with van der Waals surface area (Å²) in [6, 6.07) is 37.8. The fourth-order valence-electron chi connectivity index (χ4n) is 15.3. The average molecular weight is 1100 g/mol. The van der Waals surface area contributed by atoms with Crippen molar-refractivity contribution in [2.45, 2.75) is 232 Å². The third-order valence-corrected chi connectivity index (χ3v) is 21.0. The highest BCUT2D eigenvalue weighted by Crippen LogP contribution is 2.64. The molecule has 7 aliphatic rings. The van der Waals surface area contributed by atoms with Crippen LogP contribution in [0.15, 0.2) is 102 Å². The first kappa shape index (κ1) is 57.1. The molecule has 0 unspecified atom stereocenters. The first-order valence-corrected chi connectivity index (χ1v) is 32.6. The van der Waals surface area contributed by atoms with Crippen molar-refractivity contribution in [1.29, 1.82) is 0 Å². The molecule has 0 atom stereocenters. The van der Waals surface area contributed by atoms with Crippen LogP contribution in [0, 0.1) is 0 Å². The second kappa shape index (κ2) is 21.3. The van der Waals surface area contributed by atoms with Gasteiger partial charge in [-0.05, 0) is 177 Å². The number of aromatic amines is 4. The molecule has 83 heavy (non-hydrogen) atoms. The minimum atomic E-state index is 0.280. The lowest BCUT2D eigenvalue weighted by molar-refractivity contribution is 0.301. The summed E-state index contributed by atoms with van der Waals surface area (Å²) in [4.78, 5) is 19.4. The molecule has 0 amide bonds. The minimum Gasteiger partial charge on any atom is -0.361 e. The summed E-state index contributed by atoms with van der Waals surface area (Å²) in [6.07, 6.45) is 12.0. The van der Waals surface area contributed by atoms with Gasteiger partial charge in [0.2, 0.25) is 0 Å². The highest BCUT2D eigenvalue weighted by Gasteiger charge is 2.54. The van der Waals surface area contributed by atoms with Crippen molar-refractivity contribution in [3.8, 4) is 44.5 Å². The van der Waals surface area contributed by atoms with E-state index in [0.29, 0.717) is 58.2 Å². The van der Waals surface area contributed by atoms with Crippen LogP contribution in [0.5, 0.6) is 0 Å². The standard InChI is InChI=1S/C21H27N.C20H25N.C19H23N.C18H22N2/c1-13(2)15-7-8-16-17-12-19(14(3)4)22-20(17)21(18(16)11-15)9-5-6-10-21;1-12(2)14-6-7-15-16-11-18(13(3)4)21-19(16)20(8-5-9-20)17(15)10-14;1-11(2)13-5-6-14-15-10-17(12(3)4)20-18(15)19(7-8-19)16(14)9-13;1-10(2)12-6-7-13-14(8-12)17(19-5)18-15(13)9-16(20-18)11(3)4/h7-8,11-14,22H,5-6,9-10H2,1-4H3;6-7,10-13,21H,5,8-9H2,1-4H3;5-6,9-12,20H,7-8H2,1-4H3;6-11,20H,1-5H3. The van der Waals surface area contributed by atoms with Gasteiger partial charge in [-0.1, -0.05) is 197 Å². The summed E-state index contributed by atoms with van der Waals surface area (Å²) in [5.41, 5.74) is 36.6. The maximum absolute atomic E-state index is 4.53. The molecule has 0 saturated heterocycles. The number of fused-ring (bicyclic) bond motifs is 18. The number of nitrogens with zero attached hydrogens (tertiary/aromatic N) is 1. The van der Waals surface area contributed by atoms with Crippen LogP contribution in [-0.4, -0.2) is 32.7 Å². The zero-order valence-electron chi connectivity index (χ0n) is 53.7. The van der Waals surface area contributed by atoms with Gasteiger partial charge in [0.15, 0.2) is 0 Å². The van der Waals surface area contributed by atoms with Crippen LogP contribution in [0.2, 0.25) is 0 Å². The van der Waals surface area contributed by atoms with E-state index in [4.69, 9.17) is 0 Å². The zero-order valence-corrected chi connectivity index (χ0v) is 53.7. The molecular formula is C78H97N5. The van der Waals surface area contributed by atoms with Crippen LogP contribution < -0.4 is 0 Å². The molecule has 7 aliphatic carbocycles. The lowest BCUT2D eigenvalue weighted by Crippen LogP contribution is -2.34. The molecule has 0 bridgehead atoms. The Morgan fingerprint density at radius 1 is 0.301 bits per heavy atom. The molecule has 434 valence electrons. The average Bonchev–Trinajstić information content (AvgIpc) is 1.67. The summed E-state index contributed by atoms with van der Waals surface area (Å²) in [5, 5.41) is 0. The highest BCUT2D eigenvalue weighted by atomic mass is 14.8. The summed E-state index contributed by atoms with van der Waals surface area (Å²) < 4.78 is 0. The fraction of sp³-hybridized carbons (Fsp3) is 0.474. The van der Waals surface area contributed by atoms with Crippen LogP contribution in [-0.2, 0) is 16.2 Å². The SMILES string of the molecule is CC(C)c1ccc2c(c1)C1(CC1)c1[nH]c(C(C)C)cc1-2.CC(C)c1ccc2c(c1)C1(CCC1)c1[nH]c(C(C)C)cc1-2.CC(C)c1ccc2c(c1)C1(CCCC1)c1[nH]c(C(C)C)cc1-2.CN=C1c2cc(C(C)C)ccc2-c2cc(C(C)C)[nH]c21. The predicted octanol–water partition coefficient (Wildman–Crippen LogP) is 21.8. The van der Waals surface area contributed by atoms with E-state index >= 15 is 0 Å². The van der Waals surface area contributed by atoms with Gasteiger partial charge in [0.1, 0.15) is 0 Å². The maximum atomic E-state index is 4.53. The van der Waals surface area contributed by atoms with Gasteiger partial charge in [-0.25, -0.2) is 0 Å². The van der Waals surface area contributed by atoms with E-state index in [-0.39, 0.29) is 5.41 Å². The van der Waals surface area contributed by atoms with E-state index in [1.165, 1.54) is 176 Å². The van der Waals surface area contributed by atoms with Crippen LogP contribution in [0.25, 0.3) is 44.5 Å². The van der Waals surface area contributed by atoms with E-state index in [0.717, 1.165) is 5.71 Å². The molecule has 3 fully saturated rings. The minimum absolute atomic E-state index is 0.280. The summed E-state index contributed by atoms with van der Waals surface area (Å²) in [5.74, 6) is 4.61. The van der Waals surface area contributed by atoms with Crippen molar-refractivity contribution in [3.63, 3.8) is 0 Å². The van der Waals surface area contributed by atoms with Gasteiger partial charge in [0.05, 0.1) is 11.4 Å². The number of aromatic nitrogens is 4. The second-order valence-electron chi connectivity index (χ2n) is 28.9. The largest absolute Gasteiger partial charge is 0.361 e. The first-order valence-electron chi connectivity index (χ1n) is 32.6. The van der Waals surface area contributed by atoms with E-state index in [1.807, 2.05) is 7.05 Å². The molecule has 15 rings (SSSR count). The quantitative estimate of drug-likeness (QED) is 0.117. The van der Waals surface area contributed by atoms with Gasteiger partial charge in [-0.15, -0.1) is 0 Å². The molecule has 4 heterocycles. The van der Waals surface area contributed by atoms with Gasteiger partial charge in [-0.2, -0.15) is 0 Å². The topological polar surface area (TPSA) is 75.5 Å². The third-order valence-electron chi connectivity index (χ3n) is 21.0. The summed E-state index contributed by atoms with van der Waals surface area (Å²) >= 11 is 0. The highest BCUT2D eigenvalue weighted by molar-refractivity contribution is 6.23. The zero-order chi connectivity index (χ0) is 58.8. The van der Waals surface area contributed by atoms with Crippen LogP contribution in [0.1, 0.15) is 306 Å². The monoisotopic (exact) mass is 1100 g/mol. The number of aliphatic imine (C=N–C) groups is 1. The van der Waals surface area contributed by atoms with Crippen LogP contribution in [0.4, 0.5) is 0 Å². The number of nitrogens with one attached hydrogen (secondary N) is 4. The number of hydrogen-bond donors (Lipinski definition) is 4. The molecule has 0 aliphatic heterocycles. The van der Waals surface area contributed by atoms with Crippen molar-refractivity contribution < 1.29 is 0 Å². The van der Waals surface area contributed by atoms with Crippen molar-refractivity contribution in [2.75, 3.05) is 7.05 Å². The Morgan fingerprint density at radius 2 is 0.614 bits per heavy atom. The van der Waals surface area contributed by atoms with Gasteiger partial charge < -0.3 is 19.9 Å². The van der Waals surface area contributed by atoms with Crippen molar-refractivity contribution in [3.05, 3.63) is 187 Å². The summed E-state index contributed by atoms with van der Waals surface area (Å²) in [7, 11) is 1.88. The Bertz CT molecular complexity index is 3770. The van der Waals surface area contributed by atoms with Crippen molar-refractivity contribution in [2.24, 2.45) is 4.99 Å². The predicted molar refractivity (Wildman–Crippen MR) is 353 cm³/mol. The van der Waals surface area contributed by atoms with E-state index < -0.39 is 0 Å². The Kier molecular flexibility index (Phi) is 14.7.